The second-order valence-electron chi connectivity index (χ2n) is 4.55. The summed E-state index contributed by atoms with van der Waals surface area (Å²) in [5.74, 6) is 0.191. The van der Waals surface area contributed by atoms with Crippen LogP contribution in [-0.2, 0) is 0 Å². The zero-order valence-corrected chi connectivity index (χ0v) is 11.0. The third-order valence-corrected chi connectivity index (χ3v) is 4.02. The molecule has 1 atom stereocenters. The molecule has 2 heterocycles. The molecular weight excluding hydrogens is 236 g/mol. The molecule has 2 aromatic heterocycles. The fourth-order valence-electron chi connectivity index (χ4n) is 1.94. The van der Waals surface area contributed by atoms with Crippen molar-refractivity contribution in [2.75, 3.05) is 6.61 Å². The molecule has 4 nitrogen and oxygen atoms in total. The van der Waals surface area contributed by atoms with E-state index in [4.69, 9.17) is 0 Å². The van der Waals surface area contributed by atoms with Gasteiger partial charge < -0.3 is 5.11 Å². The quantitative estimate of drug-likeness (QED) is 0.908. The van der Waals surface area contributed by atoms with E-state index in [0.29, 0.717) is 5.39 Å². The highest BCUT2D eigenvalue weighted by Crippen LogP contribution is 2.21. The van der Waals surface area contributed by atoms with Crippen LogP contribution < -0.4 is 5.56 Å². The van der Waals surface area contributed by atoms with Crippen LogP contribution in [0.1, 0.15) is 25.5 Å². The van der Waals surface area contributed by atoms with Crippen molar-refractivity contribution < 1.29 is 5.11 Å². The molecule has 0 amide bonds. The van der Waals surface area contributed by atoms with Gasteiger partial charge in [0.25, 0.3) is 5.56 Å². The van der Waals surface area contributed by atoms with Crippen LogP contribution in [0.3, 0.4) is 0 Å². The van der Waals surface area contributed by atoms with E-state index in [1.807, 2.05) is 26.2 Å². The fourth-order valence-corrected chi connectivity index (χ4v) is 2.82. The van der Waals surface area contributed by atoms with Gasteiger partial charge in [0.2, 0.25) is 0 Å². The van der Waals surface area contributed by atoms with E-state index in [9.17, 15) is 9.90 Å². The minimum absolute atomic E-state index is 0.0477. The Morgan fingerprint density at radius 1 is 1.53 bits per heavy atom. The van der Waals surface area contributed by atoms with E-state index in [-0.39, 0.29) is 24.1 Å². The molecule has 2 aromatic rings. The largest absolute Gasteiger partial charge is 0.394 e. The third kappa shape index (κ3) is 2.00. The fraction of sp³-hybridized carbons (Fsp3) is 0.500. The van der Waals surface area contributed by atoms with Crippen molar-refractivity contribution in [1.82, 2.24) is 9.55 Å². The van der Waals surface area contributed by atoms with Crippen LogP contribution in [0, 0.1) is 12.8 Å². The molecular formula is C12H16N2O2S. The number of rotatable bonds is 3. The summed E-state index contributed by atoms with van der Waals surface area (Å²) in [6, 6.07) is -0.210. The first-order valence-electron chi connectivity index (χ1n) is 5.62. The Morgan fingerprint density at radius 3 is 2.82 bits per heavy atom. The number of thiophene rings is 1. The minimum Gasteiger partial charge on any atom is -0.394 e. The minimum atomic E-state index is -0.210. The van der Waals surface area contributed by atoms with Crippen molar-refractivity contribution in [3.63, 3.8) is 0 Å². The number of aryl methyl sites for hydroxylation is 1. The lowest BCUT2D eigenvalue weighted by Crippen LogP contribution is -2.30. The highest BCUT2D eigenvalue weighted by atomic mass is 32.1. The van der Waals surface area contributed by atoms with Crippen LogP contribution in [0.25, 0.3) is 10.2 Å². The van der Waals surface area contributed by atoms with E-state index in [1.54, 1.807) is 10.9 Å². The lowest BCUT2D eigenvalue weighted by Gasteiger charge is -2.20. The van der Waals surface area contributed by atoms with E-state index < -0.39 is 0 Å². The summed E-state index contributed by atoms with van der Waals surface area (Å²) in [7, 11) is 0. The maximum Gasteiger partial charge on any atom is 0.262 e. The summed E-state index contributed by atoms with van der Waals surface area (Å²) in [6.07, 6.45) is 1.54. The van der Waals surface area contributed by atoms with Crippen molar-refractivity contribution in [3.05, 3.63) is 27.6 Å². The molecule has 5 heteroatoms. The van der Waals surface area contributed by atoms with Crippen molar-refractivity contribution in [1.29, 1.82) is 0 Å². The SMILES string of the molecule is Cc1csc2ncn([C@H](CO)C(C)C)c(=O)c12. The highest BCUT2D eigenvalue weighted by Gasteiger charge is 2.18. The zero-order chi connectivity index (χ0) is 12.6. The van der Waals surface area contributed by atoms with Gasteiger partial charge in [-0.25, -0.2) is 4.98 Å². The second-order valence-corrected chi connectivity index (χ2v) is 5.41. The molecule has 17 heavy (non-hydrogen) atoms. The van der Waals surface area contributed by atoms with Crippen molar-refractivity contribution in [2.45, 2.75) is 26.8 Å². The molecule has 0 aliphatic carbocycles. The summed E-state index contributed by atoms with van der Waals surface area (Å²) < 4.78 is 1.55. The topological polar surface area (TPSA) is 55.1 Å². The standard InChI is InChI=1S/C12H16N2O2S/c1-7(2)9(4-15)14-6-13-11-10(12(14)16)8(3)5-17-11/h5-7,9,15H,4H2,1-3H3/t9-/m1/s1. The molecule has 2 rings (SSSR count). The molecule has 0 aromatic carbocycles. The van der Waals surface area contributed by atoms with Crippen LogP contribution in [0.5, 0.6) is 0 Å². The van der Waals surface area contributed by atoms with Crippen LogP contribution in [0.4, 0.5) is 0 Å². The first kappa shape index (κ1) is 12.3. The predicted octanol–water partition coefficient (Wildman–Crippen LogP) is 1.96. The number of aromatic nitrogens is 2. The Morgan fingerprint density at radius 2 is 2.24 bits per heavy atom. The first-order chi connectivity index (χ1) is 8.06. The maximum absolute atomic E-state index is 12.3. The highest BCUT2D eigenvalue weighted by molar-refractivity contribution is 7.16. The molecule has 0 radical (unpaired) electrons. The average Bonchev–Trinajstić information content (AvgIpc) is 2.65. The van der Waals surface area contributed by atoms with Gasteiger partial charge >= 0.3 is 0 Å². The van der Waals surface area contributed by atoms with E-state index in [2.05, 4.69) is 4.98 Å². The zero-order valence-electron chi connectivity index (χ0n) is 10.2. The van der Waals surface area contributed by atoms with Gasteiger partial charge in [0.15, 0.2) is 0 Å². The third-order valence-electron chi connectivity index (χ3n) is 3.02. The Hall–Kier alpha value is -1.20. The van der Waals surface area contributed by atoms with E-state index in [0.717, 1.165) is 10.4 Å². The second kappa shape index (κ2) is 4.58. The summed E-state index contributed by atoms with van der Waals surface area (Å²) in [6.45, 7) is 5.83. The summed E-state index contributed by atoms with van der Waals surface area (Å²) in [5.41, 5.74) is 0.902. The van der Waals surface area contributed by atoms with Gasteiger partial charge in [0.1, 0.15) is 4.83 Å². The first-order valence-corrected chi connectivity index (χ1v) is 6.50. The Balaban J connectivity index is 2.67. The van der Waals surface area contributed by atoms with Crippen LogP contribution in [-0.4, -0.2) is 21.3 Å². The van der Waals surface area contributed by atoms with Gasteiger partial charge in [0, 0.05) is 0 Å². The lowest BCUT2D eigenvalue weighted by molar-refractivity contribution is 0.189. The van der Waals surface area contributed by atoms with E-state index in [1.165, 1.54) is 11.3 Å². The predicted molar refractivity (Wildman–Crippen MR) is 69.6 cm³/mol. The van der Waals surface area contributed by atoms with Crippen molar-refractivity contribution in [3.8, 4) is 0 Å². The molecule has 0 unspecified atom stereocenters. The van der Waals surface area contributed by atoms with Gasteiger partial charge in [0.05, 0.1) is 24.4 Å². The lowest BCUT2D eigenvalue weighted by atomic mass is 10.1. The number of aliphatic hydroxyl groups is 1. The molecule has 0 spiro atoms. The number of aliphatic hydroxyl groups excluding tert-OH is 1. The number of hydrogen-bond donors (Lipinski definition) is 1. The van der Waals surface area contributed by atoms with Gasteiger partial charge in [-0.3, -0.25) is 9.36 Å². The van der Waals surface area contributed by atoms with Crippen molar-refractivity contribution >= 4 is 21.6 Å². The molecule has 0 fully saturated rings. The normalized spacial score (nSPS) is 13.5. The molecule has 92 valence electrons. The molecule has 0 aliphatic heterocycles. The maximum atomic E-state index is 12.3. The summed E-state index contributed by atoms with van der Waals surface area (Å²) >= 11 is 1.48. The molecule has 1 N–H and O–H groups in total. The monoisotopic (exact) mass is 252 g/mol. The number of hydrogen-bond acceptors (Lipinski definition) is 4. The molecule has 0 saturated carbocycles. The van der Waals surface area contributed by atoms with Crippen LogP contribution >= 0.6 is 11.3 Å². The Bertz CT molecular complexity index is 586. The molecule has 0 bridgehead atoms. The number of nitrogens with zero attached hydrogens (tertiary/aromatic N) is 2. The summed E-state index contributed by atoms with van der Waals surface area (Å²) in [5, 5.41) is 12.0. The van der Waals surface area contributed by atoms with Crippen molar-refractivity contribution in [2.24, 2.45) is 5.92 Å². The number of fused-ring (bicyclic) bond motifs is 1. The van der Waals surface area contributed by atoms with Gasteiger partial charge in [-0.1, -0.05) is 13.8 Å². The Kier molecular flexibility index (Phi) is 3.31. The van der Waals surface area contributed by atoms with Gasteiger partial charge in [-0.2, -0.15) is 0 Å². The van der Waals surface area contributed by atoms with Gasteiger partial charge in [-0.05, 0) is 23.8 Å². The van der Waals surface area contributed by atoms with Crippen LogP contribution in [0.15, 0.2) is 16.5 Å². The Labute approximate surface area is 104 Å². The van der Waals surface area contributed by atoms with Crippen LogP contribution in [0.2, 0.25) is 0 Å². The summed E-state index contributed by atoms with van der Waals surface area (Å²) in [4.78, 5) is 17.4. The molecule has 0 saturated heterocycles. The molecule has 0 aliphatic rings. The average molecular weight is 252 g/mol. The van der Waals surface area contributed by atoms with E-state index >= 15 is 0 Å². The van der Waals surface area contributed by atoms with Gasteiger partial charge in [-0.15, -0.1) is 11.3 Å². The smallest absolute Gasteiger partial charge is 0.262 e.